The molecule has 1 aromatic heterocycles. The van der Waals surface area contributed by atoms with E-state index < -0.39 is 5.60 Å². The summed E-state index contributed by atoms with van der Waals surface area (Å²) in [7, 11) is 0. The summed E-state index contributed by atoms with van der Waals surface area (Å²) >= 11 is 0. The summed E-state index contributed by atoms with van der Waals surface area (Å²) in [5.41, 5.74) is 0.0635. The van der Waals surface area contributed by atoms with Crippen molar-refractivity contribution in [3.05, 3.63) is 17.7 Å². The smallest absolute Gasteiger partial charge is 0.410 e. The van der Waals surface area contributed by atoms with Crippen LogP contribution >= 0.6 is 0 Å². The Morgan fingerprint density at radius 3 is 2.29 bits per heavy atom. The number of hydrogen-bond donors (Lipinski definition) is 1. The maximum Gasteiger partial charge on any atom is 0.410 e. The number of anilines is 1. The van der Waals surface area contributed by atoms with Gasteiger partial charge in [-0.15, -0.1) is 0 Å². The van der Waals surface area contributed by atoms with E-state index in [0.717, 1.165) is 11.4 Å². The number of aromatic nitrogens is 1. The molecule has 172 valence electrons. The maximum atomic E-state index is 12.4. The molecule has 0 unspecified atom stereocenters. The fraction of sp³-hybridized carbons (Fsp3) is 0.682. The highest BCUT2D eigenvalue weighted by molar-refractivity contribution is 5.75. The lowest BCUT2D eigenvalue weighted by Gasteiger charge is -2.37. The van der Waals surface area contributed by atoms with Crippen LogP contribution in [0.4, 0.5) is 15.4 Å². The van der Waals surface area contributed by atoms with E-state index in [4.69, 9.17) is 14.5 Å². The largest absolute Gasteiger partial charge is 0.475 e. The Kier molecular flexibility index (Phi) is 6.52. The summed E-state index contributed by atoms with van der Waals surface area (Å²) in [6.45, 7) is 15.4. The van der Waals surface area contributed by atoms with Gasteiger partial charge in [0, 0.05) is 37.3 Å². The van der Waals surface area contributed by atoms with Crippen LogP contribution < -0.4 is 15.0 Å². The van der Waals surface area contributed by atoms with Gasteiger partial charge in [0.15, 0.2) is 0 Å². The lowest BCUT2D eigenvalue weighted by molar-refractivity contribution is 0.0225. The Hall–Kier alpha value is -2.71. The number of carbonyl (C=O) groups excluding carboxylic acids is 2. The minimum absolute atomic E-state index is 0.0346. The quantitative estimate of drug-likeness (QED) is 0.733. The molecule has 0 atom stereocenters. The number of carbonyl (C=O) groups is 2. The summed E-state index contributed by atoms with van der Waals surface area (Å²) < 4.78 is 11.3. The van der Waals surface area contributed by atoms with Crippen LogP contribution in [0.1, 0.15) is 47.1 Å². The zero-order valence-corrected chi connectivity index (χ0v) is 19.5. The molecule has 1 N–H and O–H groups in total. The molecule has 1 fully saturated rings. The number of pyridine rings is 1. The van der Waals surface area contributed by atoms with Gasteiger partial charge in [-0.1, -0.05) is 0 Å². The van der Waals surface area contributed by atoms with Gasteiger partial charge < -0.3 is 29.5 Å². The molecule has 9 nitrogen and oxygen atoms in total. The molecule has 1 saturated heterocycles. The molecule has 1 aromatic rings. The van der Waals surface area contributed by atoms with Gasteiger partial charge in [-0.3, -0.25) is 0 Å². The van der Waals surface area contributed by atoms with E-state index in [-0.39, 0.29) is 17.7 Å². The van der Waals surface area contributed by atoms with Gasteiger partial charge >= 0.3 is 12.1 Å². The first-order chi connectivity index (χ1) is 14.4. The third-order valence-electron chi connectivity index (χ3n) is 4.91. The number of nitrogens with one attached hydrogen (secondary N) is 1. The van der Waals surface area contributed by atoms with Crippen molar-refractivity contribution >= 4 is 17.9 Å². The van der Waals surface area contributed by atoms with Gasteiger partial charge in [-0.25, -0.2) is 9.59 Å². The van der Waals surface area contributed by atoms with Crippen LogP contribution in [0.15, 0.2) is 12.1 Å². The molecule has 0 aliphatic carbocycles. The molecular weight excluding hydrogens is 398 g/mol. The molecular formula is C22H35N5O4. The van der Waals surface area contributed by atoms with Crippen molar-refractivity contribution in [3.63, 3.8) is 0 Å². The molecule has 31 heavy (non-hydrogen) atoms. The third kappa shape index (κ3) is 6.38. The normalized spacial score (nSPS) is 17.4. The van der Waals surface area contributed by atoms with Gasteiger partial charge in [0.25, 0.3) is 0 Å². The molecule has 0 saturated carbocycles. The second-order valence-electron chi connectivity index (χ2n) is 10.0. The number of piperazine rings is 1. The standard InChI is InChI=1S/C22H35N5O4/c1-21(2,3)24-19(28)26-11-9-25(10-12-26)17-8-7-16-15-27(13-14-30-18(16)23-17)20(29)31-22(4,5)6/h7-8H,9-15H2,1-6H3,(H,24,28). The number of ether oxygens (including phenoxy) is 2. The SMILES string of the molecule is CC(C)(C)NC(=O)N1CCN(c2ccc3c(n2)OCCN(C(=O)OC(C)(C)C)C3)CC1. The maximum absolute atomic E-state index is 12.4. The molecule has 0 spiro atoms. The Labute approximate surface area is 184 Å². The van der Waals surface area contributed by atoms with Crippen LogP contribution in [0.5, 0.6) is 5.88 Å². The first-order valence-electron chi connectivity index (χ1n) is 10.8. The van der Waals surface area contributed by atoms with Gasteiger partial charge in [0.1, 0.15) is 18.0 Å². The van der Waals surface area contributed by atoms with E-state index in [0.29, 0.717) is 51.8 Å². The lowest BCUT2D eigenvalue weighted by Crippen LogP contribution is -2.55. The van der Waals surface area contributed by atoms with E-state index in [9.17, 15) is 9.59 Å². The van der Waals surface area contributed by atoms with E-state index >= 15 is 0 Å². The average molecular weight is 434 g/mol. The van der Waals surface area contributed by atoms with Crippen molar-refractivity contribution in [2.24, 2.45) is 0 Å². The minimum Gasteiger partial charge on any atom is -0.475 e. The number of hydrogen-bond acceptors (Lipinski definition) is 6. The van der Waals surface area contributed by atoms with Crippen LogP contribution in [0.3, 0.4) is 0 Å². The number of urea groups is 1. The monoisotopic (exact) mass is 433 g/mol. The fourth-order valence-electron chi connectivity index (χ4n) is 3.44. The molecule has 9 heteroatoms. The number of fused-ring (bicyclic) bond motifs is 1. The summed E-state index contributed by atoms with van der Waals surface area (Å²) in [5.74, 6) is 1.37. The van der Waals surface area contributed by atoms with Crippen LogP contribution in [0, 0.1) is 0 Å². The molecule has 3 amide bonds. The number of amides is 3. The second-order valence-corrected chi connectivity index (χ2v) is 10.0. The molecule has 2 aliphatic rings. The van der Waals surface area contributed by atoms with E-state index in [1.807, 2.05) is 58.6 Å². The Balaban J connectivity index is 1.62. The molecule has 3 rings (SSSR count). The van der Waals surface area contributed by atoms with Gasteiger partial charge in [-0.2, -0.15) is 4.98 Å². The van der Waals surface area contributed by atoms with Gasteiger partial charge in [0.2, 0.25) is 5.88 Å². The topological polar surface area (TPSA) is 87.2 Å². The predicted octanol–water partition coefficient (Wildman–Crippen LogP) is 2.84. The molecule has 0 aromatic carbocycles. The molecule has 0 radical (unpaired) electrons. The molecule has 0 bridgehead atoms. The zero-order chi connectivity index (χ0) is 22.8. The van der Waals surface area contributed by atoms with Crippen molar-refractivity contribution < 1.29 is 19.1 Å². The van der Waals surface area contributed by atoms with Crippen molar-refractivity contribution in [2.75, 3.05) is 44.2 Å². The van der Waals surface area contributed by atoms with Crippen LogP contribution in [0.25, 0.3) is 0 Å². The second kappa shape index (κ2) is 8.80. The summed E-state index contributed by atoms with van der Waals surface area (Å²) in [5, 5.41) is 3.01. The van der Waals surface area contributed by atoms with Crippen LogP contribution in [-0.2, 0) is 11.3 Å². The minimum atomic E-state index is -0.541. The van der Waals surface area contributed by atoms with Crippen molar-refractivity contribution in [2.45, 2.75) is 59.2 Å². The number of rotatable bonds is 1. The van der Waals surface area contributed by atoms with E-state index in [1.165, 1.54) is 0 Å². The van der Waals surface area contributed by atoms with E-state index in [1.54, 1.807) is 4.90 Å². The van der Waals surface area contributed by atoms with Crippen LogP contribution in [0.2, 0.25) is 0 Å². The van der Waals surface area contributed by atoms with Gasteiger partial charge in [-0.05, 0) is 53.7 Å². The average Bonchev–Trinajstić information content (AvgIpc) is 2.87. The van der Waals surface area contributed by atoms with E-state index in [2.05, 4.69) is 10.2 Å². The third-order valence-corrected chi connectivity index (χ3v) is 4.91. The summed E-state index contributed by atoms with van der Waals surface area (Å²) in [6, 6.07) is 3.87. The first kappa shape index (κ1) is 23.0. The highest BCUT2D eigenvalue weighted by Crippen LogP contribution is 2.26. The van der Waals surface area contributed by atoms with Gasteiger partial charge in [0.05, 0.1) is 13.1 Å². The zero-order valence-electron chi connectivity index (χ0n) is 19.5. The van der Waals surface area contributed by atoms with Crippen molar-refractivity contribution in [3.8, 4) is 5.88 Å². The highest BCUT2D eigenvalue weighted by atomic mass is 16.6. The molecule has 3 heterocycles. The Morgan fingerprint density at radius 2 is 1.68 bits per heavy atom. The molecule has 2 aliphatic heterocycles. The van der Waals surface area contributed by atoms with Crippen LogP contribution in [-0.4, -0.2) is 77.4 Å². The first-order valence-corrected chi connectivity index (χ1v) is 10.8. The fourth-order valence-corrected chi connectivity index (χ4v) is 3.44. The Bertz CT molecular complexity index is 807. The predicted molar refractivity (Wildman–Crippen MR) is 118 cm³/mol. The summed E-state index contributed by atoms with van der Waals surface area (Å²) in [4.78, 5) is 35.2. The lowest BCUT2D eigenvalue weighted by atomic mass is 10.1. The Morgan fingerprint density at radius 1 is 1.00 bits per heavy atom. The van der Waals surface area contributed by atoms with Crippen molar-refractivity contribution in [1.82, 2.24) is 20.1 Å². The highest BCUT2D eigenvalue weighted by Gasteiger charge is 2.28. The summed E-state index contributed by atoms with van der Waals surface area (Å²) in [6.07, 6.45) is -0.349. The van der Waals surface area contributed by atoms with Crippen molar-refractivity contribution in [1.29, 1.82) is 0 Å². The number of nitrogens with zero attached hydrogens (tertiary/aromatic N) is 4.